The summed E-state index contributed by atoms with van der Waals surface area (Å²) in [5.41, 5.74) is 5.32. The van der Waals surface area contributed by atoms with Crippen LogP contribution in [0.15, 0.2) is 42.5 Å². The molecule has 4 nitrogen and oxygen atoms in total. The number of nitrogens with one attached hydrogen (secondary N) is 2. The minimum absolute atomic E-state index is 0.0439. The molecule has 0 saturated heterocycles. The van der Waals surface area contributed by atoms with Crippen molar-refractivity contribution in [1.82, 2.24) is 5.32 Å². The van der Waals surface area contributed by atoms with Gasteiger partial charge in [-0.05, 0) is 50.1 Å². The first kappa shape index (κ1) is 18.0. The van der Waals surface area contributed by atoms with Crippen molar-refractivity contribution in [2.75, 3.05) is 11.9 Å². The Bertz CT molecular complexity index is 656. The van der Waals surface area contributed by atoms with Gasteiger partial charge in [0.05, 0.1) is 12.6 Å². The largest absolute Gasteiger partial charge is 0.394 e. The smallest absolute Gasteiger partial charge is 0.251 e. The highest BCUT2D eigenvalue weighted by atomic mass is 16.3. The zero-order valence-corrected chi connectivity index (χ0v) is 14.6. The van der Waals surface area contributed by atoms with E-state index >= 15 is 0 Å². The number of hydrogen-bond acceptors (Lipinski definition) is 3. The van der Waals surface area contributed by atoms with Gasteiger partial charge >= 0.3 is 0 Å². The third-order valence-corrected chi connectivity index (χ3v) is 3.97. The molecule has 0 aliphatic heterocycles. The highest BCUT2D eigenvalue weighted by molar-refractivity contribution is 5.94. The SMILES string of the molecule is CCC(CO)NC(=O)c1ccc(NCc2cc(C)cc(C)c2)cc1. The molecule has 0 aromatic heterocycles. The van der Waals surface area contributed by atoms with Gasteiger partial charge in [-0.2, -0.15) is 0 Å². The molecular formula is C20H26N2O2. The van der Waals surface area contributed by atoms with Gasteiger partial charge in [0.1, 0.15) is 0 Å². The summed E-state index contributed by atoms with van der Waals surface area (Å²) in [6.45, 7) is 6.83. The maximum absolute atomic E-state index is 12.1. The van der Waals surface area contributed by atoms with Crippen molar-refractivity contribution in [1.29, 1.82) is 0 Å². The van der Waals surface area contributed by atoms with E-state index in [-0.39, 0.29) is 18.6 Å². The molecule has 1 amide bonds. The highest BCUT2D eigenvalue weighted by Gasteiger charge is 2.11. The summed E-state index contributed by atoms with van der Waals surface area (Å²) in [4.78, 5) is 12.1. The number of benzene rings is 2. The van der Waals surface area contributed by atoms with Crippen molar-refractivity contribution in [2.45, 2.75) is 39.8 Å². The number of aliphatic hydroxyl groups is 1. The first-order valence-corrected chi connectivity index (χ1v) is 8.34. The summed E-state index contributed by atoms with van der Waals surface area (Å²) >= 11 is 0. The molecule has 0 fully saturated rings. The van der Waals surface area contributed by atoms with Gasteiger partial charge in [-0.25, -0.2) is 0 Å². The standard InChI is InChI=1S/C20H26N2O2/c1-4-18(13-23)22-20(24)17-5-7-19(8-6-17)21-12-16-10-14(2)9-15(3)11-16/h5-11,18,21,23H,4,12-13H2,1-3H3,(H,22,24). The van der Waals surface area contributed by atoms with Crippen LogP contribution in [0.5, 0.6) is 0 Å². The molecule has 3 N–H and O–H groups in total. The Labute approximate surface area is 143 Å². The van der Waals surface area contributed by atoms with E-state index in [1.54, 1.807) is 12.1 Å². The molecule has 2 aromatic rings. The molecule has 2 aromatic carbocycles. The monoisotopic (exact) mass is 326 g/mol. The molecule has 24 heavy (non-hydrogen) atoms. The van der Waals surface area contributed by atoms with Crippen molar-refractivity contribution in [3.63, 3.8) is 0 Å². The number of anilines is 1. The number of hydrogen-bond donors (Lipinski definition) is 3. The van der Waals surface area contributed by atoms with Crippen molar-refractivity contribution < 1.29 is 9.90 Å². The van der Waals surface area contributed by atoms with Gasteiger partial charge in [0.25, 0.3) is 5.91 Å². The molecule has 0 aliphatic carbocycles. The fourth-order valence-electron chi connectivity index (χ4n) is 2.66. The third kappa shape index (κ3) is 5.10. The van der Waals surface area contributed by atoms with Crippen molar-refractivity contribution in [3.8, 4) is 0 Å². The zero-order chi connectivity index (χ0) is 17.5. The summed E-state index contributed by atoms with van der Waals surface area (Å²) in [5.74, 6) is -0.156. The van der Waals surface area contributed by atoms with Crippen LogP contribution in [-0.4, -0.2) is 23.7 Å². The molecule has 1 atom stereocenters. The minimum Gasteiger partial charge on any atom is -0.394 e. The van der Waals surface area contributed by atoms with Crippen LogP contribution in [0.2, 0.25) is 0 Å². The molecule has 0 saturated carbocycles. The minimum atomic E-state index is -0.195. The lowest BCUT2D eigenvalue weighted by atomic mass is 10.1. The molecular weight excluding hydrogens is 300 g/mol. The van der Waals surface area contributed by atoms with Gasteiger partial charge in [-0.1, -0.05) is 36.2 Å². The van der Waals surface area contributed by atoms with Gasteiger partial charge in [-0.15, -0.1) is 0 Å². The fraction of sp³-hybridized carbons (Fsp3) is 0.350. The molecule has 0 radical (unpaired) electrons. The second-order valence-corrected chi connectivity index (χ2v) is 6.19. The normalized spacial score (nSPS) is 11.8. The average Bonchev–Trinajstić information content (AvgIpc) is 2.57. The maximum Gasteiger partial charge on any atom is 0.251 e. The Kier molecular flexibility index (Phi) is 6.38. The van der Waals surface area contributed by atoms with E-state index in [0.717, 1.165) is 12.2 Å². The van der Waals surface area contributed by atoms with Crippen LogP contribution in [0.4, 0.5) is 5.69 Å². The second-order valence-electron chi connectivity index (χ2n) is 6.19. The Morgan fingerprint density at radius 2 is 1.71 bits per heavy atom. The summed E-state index contributed by atoms with van der Waals surface area (Å²) in [6, 6.07) is 13.7. The summed E-state index contributed by atoms with van der Waals surface area (Å²) in [7, 11) is 0. The van der Waals surface area contributed by atoms with Crippen molar-refractivity contribution in [3.05, 3.63) is 64.7 Å². The predicted octanol–water partition coefficient (Wildman–Crippen LogP) is 3.42. The lowest BCUT2D eigenvalue weighted by molar-refractivity contribution is 0.0915. The van der Waals surface area contributed by atoms with E-state index in [1.807, 2.05) is 19.1 Å². The molecule has 128 valence electrons. The first-order chi connectivity index (χ1) is 11.5. The number of rotatable bonds is 7. The van der Waals surface area contributed by atoms with Crippen molar-refractivity contribution in [2.24, 2.45) is 0 Å². The lowest BCUT2D eigenvalue weighted by Gasteiger charge is -2.14. The van der Waals surface area contributed by atoms with Gasteiger partial charge in [0.15, 0.2) is 0 Å². The Balaban J connectivity index is 1.95. The van der Waals surface area contributed by atoms with Crippen LogP contribution in [-0.2, 0) is 6.54 Å². The van der Waals surface area contributed by atoms with Crippen LogP contribution in [0.25, 0.3) is 0 Å². The number of aliphatic hydroxyl groups excluding tert-OH is 1. The van der Waals surface area contributed by atoms with E-state index in [4.69, 9.17) is 5.11 Å². The van der Waals surface area contributed by atoms with Crippen LogP contribution in [0.1, 0.15) is 40.4 Å². The Morgan fingerprint density at radius 1 is 1.08 bits per heavy atom. The highest BCUT2D eigenvalue weighted by Crippen LogP contribution is 2.14. The molecule has 0 bridgehead atoms. The molecule has 2 rings (SSSR count). The second kappa shape index (κ2) is 8.50. The van der Waals surface area contributed by atoms with Gasteiger partial charge < -0.3 is 15.7 Å². The third-order valence-electron chi connectivity index (χ3n) is 3.97. The van der Waals surface area contributed by atoms with Gasteiger partial charge in [0, 0.05) is 17.8 Å². The summed E-state index contributed by atoms with van der Waals surface area (Å²) < 4.78 is 0. The maximum atomic E-state index is 12.1. The van der Waals surface area contributed by atoms with E-state index in [9.17, 15) is 4.79 Å². The van der Waals surface area contributed by atoms with Gasteiger partial charge in [0.2, 0.25) is 0 Å². The molecule has 0 spiro atoms. The Hall–Kier alpha value is -2.33. The quantitative estimate of drug-likeness (QED) is 0.730. The Morgan fingerprint density at radius 3 is 2.25 bits per heavy atom. The molecule has 0 aliphatic rings. The fourth-order valence-corrected chi connectivity index (χ4v) is 2.66. The topological polar surface area (TPSA) is 61.4 Å². The first-order valence-electron chi connectivity index (χ1n) is 8.34. The van der Waals surface area contributed by atoms with E-state index in [0.29, 0.717) is 12.0 Å². The van der Waals surface area contributed by atoms with E-state index in [1.165, 1.54) is 16.7 Å². The van der Waals surface area contributed by atoms with Crippen LogP contribution >= 0.6 is 0 Å². The van der Waals surface area contributed by atoms with Crippen LogP contribution < -0.4 is 10.6 Å². The van der Waals surface area contributed by atoms with Crippen LogP contribution in [0.3, 0.4) is 0 Å². The van der Waals surface area contributed by atoms with E-state index in [2.05, 4.69) is 42.7 Å². The van der Waals surface area contributed by atoms with Crippen molar-refractivity contribution >= 4 is 11.6 Å². The number of carbonyl (C=O) groups is 1. The number of carbonyl (C=O) groups excluding carboxylic acids is 1. The zero-order valence-electron chi connectivity index (χ0n) is 14.6. The number of aryl methyl sites for hydroxylation is 2. The molecule has 0 heterocycles. The molecule has 4 heteroatoms. The predicted molar refractivity (Wildman–Crippen MR) is 98.3 cm³/mol. The van der Waals surface area contributed by atoms with Gasteiger partial charge in [-0.3, -0.25) is 4.79 Å². The van der Waals surface area contributed by atoms with Crippen LogP contribution in [0, 0.1) is 13.8 Å². The van der Waals surface area contributed by atoms with E-state index < -0.39 is 0 Å². The average molecular weight is 326 g/mol. The number of amides is 1. The molecule has 1 unspecified atom stereocenters. The summed E-state index contributed by atoms with van der Waals surface area (Å²) in [5, 5.41) is 15.3. The lowest BCUT2D eigenvalue weighted by Crippen LogP contribution is -2.36. The summed E-state index contributed by atoms with van der Waals surface area (Å²) in [6.07, 6.45) is 0.706.